The lowest BCUT2D eigenvalue weighted by Crippen LogP contribution is -2.03. The van der Waals surface area contributed by atoms with Gasteiger partial charge in [0.1, 0.15) is 17.0 Å². The van der Waals surface area contributed by atoms with Crippen molar-refractivity contribution in [3.63, 3.8) is 0 Å². The van der Waals surface area contributed by atoms with Gasteiger partial charge in [-0.15, -0.1) is 0 Å². The molecule has 0 saturated heterocycles. The van der Waals surface area contributed by atoms with Crippen LogP contribution in [-0.2, 0) is 6.37 Å². The van der Waals surface area contributed by atoms with Gasteiger partial charge in [-0.1, -0.05) is 134 Å². The molecule has 10 aromatic rings. The summed E-state index contributed by atoms with van der Waals surface area (Å²) in [4.78, 5) is 4.65. The predicted molar refractivity (Wildman–Crippen MR) is 209 cm³/mol. The van der Waals surface area contributed by atoms with Crippen LogP contribution in [0.25, 0.3) is 93.6 Å². The number of benzene rings is 8. The fourth-order valence-electron chi connectivity index (χ4n) is 7.79. The average Bonchev–Trinajstić information content (AvgIpc) is 3.79. The lowest BCUT2D eigenvalue weighted by molar-refractivity contribution is 0.669. The second kappa shape index (κ2) is 11.3. The minimum absolute atomic E-state index is 0.170. The number of nitrogens with zero attached hydrogens (tertiary/aromatic N) is 2. The summed E-state index contributed by atoms with van der Waals surface area (Å²) in [6.45, 7) is -2.96. The summed E-state index contributed by atoms with van der Waals surface area (Å²) in [5.74, 6) is -0.170. The zero-order chi connectivity index (χ0) is 37.5. The van der Waals surface area contributed by atoms with Crippen molar-refractivity contribution in [3.05, 3.63) is 170 Å². The Bertz CT molecular complexity index is 3120. The van der Waals surface area contributed by atoms with Crippen molar-refractivity contribution < 1.29 is 11.3 Å². The highest BCUT2D eigenvalue weighted by atomic mass is 16.3. The SMILES string of the molecule is [2H]C([2H])([2H])C([2H])([2H])c1nc2ccccc2n1-c1ccccc1-c1c2ccccc2c(-c2cccc3oc4ccccc4c23)c2cc(-c3ccccc3)ccc12. The summed E-state index contributed by atoms with van der Waals surface area (Å²) in [5, 5.41) is 6.16. The maximum Gasteiger partial charge on any atom is 0.136 e. The van der Waals surface area contributed by atoms with Crippen LogP contribution in [0.4, 0.5) is 0 Å². The van der Waals surface area contributed by atoms with E-state index >= 15 is 0 Å². The third kappa shape index (κ3) is 4.27. The van der Waals surface area contributed by atoms with E-state index in [0.717, 1.165) is 76.9 Å². The van der Waals surface area contributed by atoms with Gasteiger partial charge in [-0.3, -0.25) is 4.57 Å². The first-order chi connectivity index (χ1) is 26.7. The zero-order valence-electron chi connectivity index (χ0n) is 31.9. The quantitative estimate of drug-likeness (QED) is 0.174. The lowest BCUT2D eigenvalue weighted by atomic mass is 9.83. The number of hydrogen-bond donors (Lipinski definition) is 0. The Kier molecular flexibility index (Phi) is 5.39. The maximum atomic E-state index is 8.93. The van der Waals surface area contributed by atoms with E-state index in [1.807, 2.05) is 91.0 Å². The van der Waals surface area contributed by atoms with Crippen LogP contribution in [0.3, 0.4) is 0 Å². The first-order valence-electron chi connectivity index (χ1n) is 19.2. The average molecular weight is 646 g/mol. The van der Waals surface area contributed by atoms with E-state index in [4.69, 9.17) is 11.3 Å². The lowest BCUT2D eigenvalue weighted by Gasteiger charge is -2.21. The number of imidazole rings is 1. The summed E-state index contributed by atoms with van der Waals surface area (Å²) in [7, 11) is 0. The normalized spacial score (nSPS) is 13.8. The van der Waals surface area contributed by atoms with Crippen molar-refractivity contribution in [1.29, 1.82) is 0 Å². The van der Waals surface area contributed by atoms with Crippen molar-refractivity contribution in [3.8, 4) is 39.1 Å². The fraction of sp³-hybridized carbons (Fsp3) is 0.0426. The largest absolute Gasteiger partial charge is 0.456 e. The standard InChI is InChI=1S/C47H32N2O/c1-2-44-48-39-22-10-12-24-41(39)49(44)40-23-11-8-19-35(40)45-32-17-6-7-18-33(32)46(38-29-31(27-28-34(38)45)30-15-4-3-5-16-30)37-21-14-26-43-47(37)36-20-9-13-25-42(36)50-43/h3-29H,2H2,1H3/i1D3,2D2. The van der Waals surface area contributed by atoms with Gasteiger partial charge in [-0.05, 0) is 85.8 Å². The smallest absolute Gasteiger partial charge is 0.136 e. The molecule has 0 fully saturated rings. The van der Waals surface area contributed by atoms with E-state index in [-0.39, 0.29) is 5.82 Å². The number of para-hydroxylation sites is 4. The molecule has 0 bridgehead atoms. The molecule has 2 heterocycles. The third-order valence-corrected chi connectivity index (χ3v) is 9.89. The van der Waals surface area contributed by atoms with Crippen LogP contribution in [0, 0.1) is 0 Å². The number of hydrogen-bond acceptors (Lipinski definition) is 2. The Balaban J connectivity index is 1.36. The van der Waals surface area contributed by atoms with E-state index in [2.05, 4.69) is 71.7 Å². The van der Waals surface area contributed by atoms with Crippen molar-refractivity contribution in [2.75, 3.05) is 0 Å². The molecule has 2 aromatic heterocycles. The van der Waals surface area contributed by atoms with E-state index in [1.54, 1.807) is 10.6 Å². The number of rotatable bonds is 5. The molecular formula is C47H32N2O. The second-order valence-corrected chi connectivity index (χ2v) is 12.6. The summed E-state index contributed by atoms with van der Waals surface area (Å²) in [6.07, 6.45) is -2.75. The van der Waals surface area contributed by atoms with Gasteiger partial charge in [0.2, 0.25) is 0 Å². The Labute approximate surface area is 296 Å². The summed E-state index contributed by atoms with van der Waals surface area (Å²) in [6, 6.07) is 54.9. The molecule has 0 aliphatic heterocycles. The second-order valence-electron chi connectivity index (χ2n) is 12.6. The molecular weight excluding hydrogens is 609 g/mol. The molecule has 10 rings (SSSR count). The third-order valence-electron chi connectivity index (χ3n) is 9.89. The molecule has 0 saturated carbocycles. The minimum atomic E-state index is -2.96. The van der Waals surface area contributed by atoms with Gasteiger partial charge >= 0.3 is 0 Å². The van der Waals surface area contributed by atoms with E-state index in [9.17, 15) is 0 Å². The Morgan fingerprint density at radius 1 is 0.560 bits per heavy atom. The van der Waals surface area contributed by atoms with Crippen molar-refractivity contribution in [2.45, 2.75) is 13.2 Å². The van der Waals surface area contributed by atoms with Crippen LogP contribution >= 0.6 is 0 Å². The summed E-state index contributed by atoms with van der Waals surface area (Å²) >= 11 is 0. The molecule has 50 heavy (non-hydrogen) atoms. The van der Waals surface area contributed by atoms with Crippen molar-refractivity contribution in [2.24, 2.45) is 0 Å². The Morgan fingerprint density at radius 3 is 2.08 bits per heavy atom. The van der Waals surface area contributed by atoms with Crippen LogP contribution < -0.4 is 0 Å². The highest BCUT2D eigenvalue weighted by Crippen LogP contribution is 2.48. The maximum absolute atomic E-state index is 8.93. The van der Waals surface area contributed by atoms with Gasteiger partial charge < -0.3 is 4.42 Å². The Morgan fingerprint density at radius 2 is 1.22 bits per heavy atom. The summed E-state index contributed by atoms with van der Waals surface area (Å²) in [5.41, 5.74) is 9.48. The van der Waals surface area contributed by atoms with Crippen LogP contribution in [0.5, 0.6) is 0 Å². The van der Waals surface area contributed by atoms with Gasteiger partial charge in [-0.2, -0.15) is 0 Å². The number of furan rings is 1. The van der Waals surface area contributed by atoms with Crippen molar-refractivity contribution in [1.82, 2.24) is 9.55 Å². The molecule has 0 unspecified atom stereocenters. The molecule has 0 radical (unpaired) electrons. The number of fused-ring (bicyclic) bond motifs is 6. The van der Waals surface area contributed by atoms with E-state index in [0.29, 0.717) is 16.7 Å². The van der Waals surface area contributed by atoms with Gasteiger partial charge in [-0.25, -0.2) is 4.98 Å². The van der Waals surface area contributed by atoms with E-state index in [1.165, 1.54) is 0 Å². The molecule has 3 nitrogen and oxygen atoms in total. The van der Waals surface area contributed by atoms with Crippen LogP contribution in [-0.4, -0.2) is 9.55 Å². The molecule has 0 aliphatic carbocycles. The molecule has 0 spiro atoms. The first kappa shape index (κ1) is 23.8. The minimum Gasteiger partial charge on any atom is -0.456 e. The van der Waals surface area contributed by atoms with E-state index < -0.39 is 13.2 Å². The zero-order valence-corrected chi connectivity index (χ0v) is 26.9. The molecule has 8 aromatic carbocycles. The fourth-order valence-corrected chi connectivity index (χ4v) is 7.79. The van der Waals surface area contributed by atoms with Crippen molar-refractivity contribution >= 4 is 54.5 Å². The molecule has 0 atom stereocenters. The molecule has 236 valence electrons. The van der Waals surface area contributed by atoms with Gasteiger partial charge in [0.05, 0.1) is 16.7 Å². The molecule has 0 amide bonds. The number of aromatic nitrogens is 2. The monoisotopic (exact) mass is 645 g/mol. The van der Waals surface area contributed by atoms with Gasteiger partial charge in [0.15, 0.2) is 0 Å². The number of aryl methyl sites for hydroxylation is 1. The van der Waals surface area contributed by atoms with Crippen LogP contribution in [0.15, 0.2) is 168 Å². The predicted octanol–water partition coefficient (Wildman–Crippen LogP) is 12.8. The highest BCUT2D eigenvalue weighted by Gasteiger charge is 2.23. The highest BCUT2D eigenvalue weighted by molar-refractivity contribution is 6.26. The van der Waals surface area contributed by atoms with Crippen LogP contribution in [0.2, 0.25) is 0 Å². The molecule has 0 N–H and O–H groups in total. The molecule has 3 heteroatoms. The topological polar surface area (TPSA) is 31.0 Å². The van der Waals surface area contributed by atoms with Gasteiger partial charge in [0.25, 0.3) is 0 Å². The first-order valence-corrected chi connectivity index (χ1v) is 16.7. The summed E-state index contributed by atoms with van der Waals surface area (Å²) < 4.78 is 50.6. The Hall–Kier alpha value is -6.45. The van der Waals surface area contributed by atoms with Gasteiger partial charge in [0, 0.05) is 29.6 Å². The molecule has 0 aliphatic rings. The van der Waals surface area contributed by atoms with Crippen LogP contribution in [0.1, 0.15) is 19.5 Å².